The minimum absolute atomic E-state index is 0.515. The van der Waals surface area contributed by atoms with E-state index in [-0.39, 0.29) is 0 Å². The summed E-state index contributed by atoms with van der Waals surface area (Å²) in [7, 11) is -3.08. The maximum absolute atomic E-state index is 11.6. The summed E-state index contributed by atoms with van der Waals surface area (Å²) in [6.45, 7) is 9.74. The molecular weight excluding hydrogens is 280 g/mol. The van der Waals surface area contributed by atoms with Crippen LogP contribution in [0.15, 0.2) is 0 Å². The summed E-state index contributed by atoms with van der Waals surface area (Å²) in [5.41, 5.74) is 1.05. The molecule has 6 heteroatoms. The van der Waals surface area contributed by atoms with Gasteiger partial charge in [0.05, 0.1) is 5.69 Å². The third-order valence-corrected chi connectivity index (χ3v) is 5.86. The van der Waals surface area contributed by atoms with Gasteiger partial charge >= 0.3 is 0 Å². The van der Waals surface area contributed by atoms with E-state index in [4.69, 9.17) is 0 Å². The molecule has 0 aliphatic rings. The largest absolute Gasteiger partial charge is 0.312 e. The van der Waals surface area contributed by atoms with Gasteiger partial charge in [-0.1, -0.05) is 20.8 Å². The van der Waals surface area contributed by atoms with Crippen LogP contribution in [-0.2, 0) is 22.8 Å². The highest BCUT2D eigenvalue weighted by Crippen LogP contribution is 2.29. The molecule has 0 amide bonds. The second-order valence-corrected chi connectivity index (χ2v) is 8.75. The van der Waals surface area contributed by atoms with Crippen molar-refractivity contribution in [1.29, 1.82) is 0 Å². The van der Waals surface area contributed by atoms with Crippen LogP contribution in [0.1, 0.15) is 48.5 Å². The average Bonchev–Trinajstić information content (AvgIpc) is 2.66. The fourth-order valence-electron chi connectivity index (χ4n) is 1.68. The van der Waals surface area contributed by atoms with Crippen molar-refractivity contribution in [2.75, 3.05) is 12.8 Å². The lowest BCUT2D eigenvalue weighted by Gasteiger charge is -2.05. The zero-order valence-electron chi connectivity index (χ0n) is 12.4. The Morgan fingerprint density at radius 1 is 1.32 bits per heavy atom. The van der Waals surface area contributed by atoms with Crippen molar-refractivity contribution in [3.8, 4) is 0 Å². The smallest absolute Gasteiger partial charge is 0.156 e. The molecule has 0 saturated carbocycles. The minimum Gasteiger partial charge on any atom is -0.312 e. The van der Waals surface area contributed by atoms with Gasteiger partial charge in [0.25, 0.3) is 0 Å². The molecule has 0 radical (unpaired) electrons. The first-order chi connectivity index (χ1) is 8.75. The topological polar surface area (TPSA) is 59.1 Å². The molecule has 19 heavy (non-hydrogen) atoms. The third-order valence-electron chi connectivity index (χ3n) is 2.92. The first-order valence-electron chi connectivity index (χ1n) is 6.63. The third kappa shape index (κ3) is 4.85. The quantitative estimate of drug-likeness (QED) is 0.841. The predicted octanol–water partition coefficient (Wildman–Crippen LogP) is 2.56. The van der Waals surface area contributed by atoms with Crippen molar-refractivity contribution in [3.05, 3.63) is 15.6 Å². The molecule has 0 aromatic carbocycles. The molecule has 0 aliphatic heterocycles. The van der Waals surface area contributed by atoms with E-state index in [9.17, 15) is 8.42 Å². The molecule has 1 unspecified atom stereocenters. The summed E-state index contributed by atoms with van der Waals surface area (Å²) in [6.07, 6.45) is 2.17. The molecule has 0 aliphatic carbocycles. The van der Waals surface area contributed by atoms with E-state index in [0.717, 1.165) is 25.2 Å². The summed E-state index contributed by atoms with van der Waals surface area (Å²) in [5.74, 6) is 0.517. The van der Waals surface area contributed by atoms with Gasteiger partial charge < -0.3 is 5.32 Å². The molecule has 1 aromatic heterocycles. The zero-order chi connectivity index (χ0) is 14.6. The van der Waals surface area contributed by atoms with Crippen molar-refractivity contribution >= 4 is 21.2 Å². The van der Waals surface area contributed by atoms with E-state index in [0.29, 0.717) is 10.9 Å². The van der Waals surface area contributed by atoms with Gasteiger partial charge in [-0.05, 0) is 25.8 Å². The number of hydrogen-bond donors (Lipinski definition) is 1. The maximum Gasteiger partial charge on any atom is 0.156 e. The van der Waals surface area contributed by atoms with Crippen molar-refractivity contribution < 1.29 is 8.42 Å². The number of nitrogens with zero attached hydrogens (tertiary/aromatic N) is 1. The Labute approximate surface area is 120 Å². The highest BCUT2D eigenvalue weighted by atomic mass is 32.2. The van der Waals surface area contributed by atoms with Crippen molar-refractivity contribution in [2.45, 2.75) is 45.9 Å². The van der Waals surface area contributed by atoms with Gasteiger partial charge in [-0.25, -0.2) is 13.4 Å². The van der Waals surface area contributed by atoms with Gasteiger partial charge in [0.2, 0.25) is 0 Å². The highest BCUT2D eigenvalue weighted by Gasteiger charge is 2.23. The predicted molar refractivity (Wildman–Crippen MR) is 81.3 cm³/mol. The summed E-state index contributed by atoms with van der Waals surface area (Å²) >= 11 is 1.52. The second kappa shape index (κ2) is 6.81. The van der Waals surface area contributed by atoms with Gasteiger partial charge in [-0.3, -0.25) is 0 Å². The molecule has 4 nitrogen and oxygen atoms in total. The van der Waals surface area contributed by atoms with Gasteiger partial charge in [-0.15, -0.1) is 11.3 Å². The standard InChI is InChI=1S/C13H24N2O2S2/c1-6-14-8-12-11(7-9(2)3)15-13(18-12)10(4)19(5,16)17/h9-10,14H,6-8H2,1-5H3. The van der Waals surface area contributed by atoms with Crippen LogP contribution in [0.25, 0.3) is 0 Å². The number of thiazole rings is 1. The van der Waals surface area contributed by atoms with Crippen LogP contribution in [-0.4, -0.2) is 26.2 Å². The van der Waals surface area contributed by atoms with Crippen molar-refractivity contribution in [2.24, 2.45) is 5.92 Å². The van der Waals surface area contributed by atoms with E-state index < -0.39 is 15.1 Å². The lowest BCUT2D eigenvalue weighted by Crippen LogP contribution is -2.12. The summed E-state index contributed by atoms with van der Waals surface area (Å²) in [4.78, 5) is 5.74. The second-order valence-electron chi connectivity index (χ2n) is 5.27. The van der Waals surface area contributed by atoms with Crippen LogP contribution in [0.5, 0.6) is 0 Å². The Kier molecular flexibility index (Phi) is 5.95. The average molecular weight is 304 g/mol. The Bertz CT molecular complexity index is 507. The van der Waals surface area contributed by atoms with Crippen LogP contribution >= 0.6 is 11.3 Å². The van der Waals surface area contributed by atoms with Crippen LogP contribution in [0.2, 0.25) is 0 Å². The molecular formula is C13H24N2O2S2. The van der Waals surface area contributed by atoms with Gasteiger partial charge in [0.1, 0.15) is 10.3 Å². The summed E-state index contributed by atoms with van der Waals surface area (Å²) in [6, 6.07) is 0. The van der Waals surface area contributed by atoms with Crippen LogP contribution in [0.3, 0.4) is 0 Å². The van der Waals surface area contributed by atoms with Gasteiger partial charge in [-0.2, -0.15) is 0 Å². The van der Waals surface area contributed by atoms with E-state index in [1.807, 2.05) is 0 Å². The SMILES string of the molecule is CCNCc1sc(C(C)S(C)(=O)=O)nc1CC(C)C. The van der Waals surface area contributed by atoms with Gasteiger partial charge in [0, 0.05) is 17.7 Å². The number of sulfone groups is 1. The molecule has 0 spiro atoms. The van der Waals surface area contributed by atoms with E-state index in [2.05, 4.69) is 31.1 Å². The Hall–Kier alpha value is -0.460. The molecule has 1 atom stereocenters. The van der Waals surface area contributed by atoms with Crippen LogP contribution in [0.4, 0.5) is 0 Å². The molecule has 110 valence electrons. The first-order valence-corrected chi connectivity index (χ1v) is 9.40. The van der Waals surface area contributed by atoms with E-state index in [1.54, 1.807) is 6.92 Å². The zero-order valence-corrected chi connectivity index (χ0v) is 14.0. The molecule has 0 bridgehead atoms. The normalized spacial score (nSPS) is 14.0. The molecule has 0 fully saturated rings. The van der Waals surface area contributed by atoms with E-state index in [1.165, 1.54) is 22.5 Å². The van der Waals surface area contributed by atoms with Crippen molar-refractivity contribution in [1.82, 2.24) is 10.3 Å². The maximum atomic E-state index is 11.6. The van der Waals surface area contributed by atoms with Crippen LogP contribution < -0.4 is 5.32 Å². The number of aromatic nitrogens is 1. The van der Waals surface area contributed by atoms with Crippen LogP contribution in [0, 0.1) is 5.92 Å². The van der Waals surface area contributed by atoms with Gasteiger partial charge in [0.15, 0.2) is 9.84 Å². The molecule has 0 saturated heterocycles. The first kappa shape index (κ1) is 16.6. The number of nitrogens with one attached hydrogen (secondary N) is 1. The Morgan fingerprint density at radius 3 is 2.42 bits per heavy atom. The lowest BCUT2D eigenvalue weighted by atomic mass is 10.1. The lowest BCUT2D eigenvalue weighted by molar-refractivity contribution is 0.591. The highest BCUT2D eigenvalue weighted by molar-refractivity contribution is 7.91. The molecule has 1 heterocycles. The molecule has 1 N–H and O–H groups in total. The molecule has 1 aromatic rings. The Morgan fingerprint density at radius 2 is 1.95 bits per heavy atom. The minimum atomic E-state index is -3.08. The molecule has 1 rings (SSSR count). The van der Waals surface area contributed by atoms with Crippen molar-refractivity contribution in [3.63, 3.8) is 0 Å². The Balaban J connectivity index is 3.05. The fourth-order valence-corrected chi connectivity index (χ4v) is 3.77. The fraction of sp³-hybridized carbons (Fsp3) is 0.769. The number of rotatable bonds is 7. The number of hydrogen-bond acceptors (Lipinski definition) is 5. The summed E-state index contributed by atoms with van der Waals surface area (Å²) < 4.78 is 23.3. The monoisotopic (exact) mass is 304 g/mol. The van der Waals surface area contributed by atoms with E-state index >= 15 is 0 Å². The summed E-state index contributed by atoms with van der Waals surface area (Å²) in [5, 5.41) is 3.49.